The quantitative estimate of drug-likeness (QED) is 0.357. The standard InChI is InChI=1S/C14H16BrNO4/c1-3-18-13(11-12(20-11)14(17)19-4-2)16-10-7-5-9(15)6-8-10/h5-8,11-12H,3-4H2,1-2H3. The molecule has 1 aromatic carbocycles. The van der Waals surface area contributed by atoms with Crippen molar-refractivity contribution in [1.29, 1.82) is 0 Å². The van der Waals surface area contributed by atoms with Crippen LogP contribution in [0.15, 0.2) is 33.7 Å². The zero-order chi connectivity index (χ0) is 14.5. The molecule has 1 aliphatic rings. The number of hydrogen-bond donors (Lipinski definition) is 0. The number of esters is 1. The van der Waals surface area contributed by atoms with Gasteiger partial charge in [0.1, 0.15) is 0 Å². The van der Waals surface area contributed by atoms with Crippen LogP contribution in [0.1, 0.15) is 13.8 Å². The van der Waals surface area contributed by atoms with E-state index in [-0.39, 0.29) is 5.97 Å². The van der Waals surface area contributed by atoms with Gasteiger partial charge in [-0.25, -0.2) is 9.79 Å². The van der Waals surface area contributed by atoms with Crippen molar-refractivity contribution in [3.05, 3.63) is 28.7 Å². The summed E-state index contributed by atoms with van der Waals surface area (Å²) < 4.78 is 16.6. The highest BCUT2D eigenvalue weighted by Crippen LogP contribution is 2.28. The van der Waals surface area contributed by atoms with E-state index in [1.165, 1.54) is 0 Å². The second-order valence-electron chi connectivity index (χ2n) is 4.09. The van der Waals surface area contributed by atoms with E-state index in [0.29, 0.717) is 19.1 Å². The van der Waals surface area contributed by atoms with Crippen molar-refractivity contribution in [2.75, 3.05) is 13.2 Å². The first-order chi connectivity index (χ1) is 9.65. The molecule has 2 unspecified atom stereocenters. The number of nitrogens with zero attached hydrogens (tertiary/aromatic N) is 1. The monoisotopic (exact) mass is 341 g/mol. The molecule has 0 radical (unpaired) electrons. The summed E-state index contributed by atoms with van der Waals surface area (Å²) >= 11 is 3.36. The summed E-state index contributed by atoms with van der Waals surface area (Å²) in [7, 11) is 0. The van der Waals surface area contributed by atoms with E-state index < -0.39 is 12.2 Å². The summed E-state index contributed by atoms with van der Waals surface area (Å²) in [6.07, 6.45) is -1.05. The number of halogens is 1. The van der Waals surface area contributed by atoms with Crippen molar-refractivity contribution in [1.82, 2.24) is 0 Å². The first kappa shape index (κ1) is 15.0. The van der Waals surface area contributed by atoms with Crippen molar-refractivity contribution in [3.8, 4) is 0 Å². The summed E-state index contributed by atoms with van der Waals surface area (Å²) in [6, 6.07) is 7.48. The molecule has 108 valence electrons. The Morgan fingerprint density at radius 3 is 2.45 bits per heavy atom. The van der Waals surface area contributed by atoms with Crippen LogP contribution < -0.4 is 0 Å². The first-order valence-electron chi connectivity index (χ1n) is 6.44. The summed E-state index contributed by atoms with van der Waals surface area (Å²) in [5.74, 6) is 0.0357. The Labute approximate surface area is 126 Å². The number of rotatable bonds is 5. The minimum atomic E-state index is -0.601. The molecule has 1 aromatic rings. The van der Waals surface area contributed by atoms with Crippen LogP contribution in [0, 0.1) is 0 Å². The molecular formula is C14H16BrNO4. The van der Waals surface area contributed by atoms with Gasteiger partial charge in [-0.2, -0.15) is 0 Å². The Morgan fingerprint density at radius 1 is 1.20 bits per heavy atom. The maximum Gasteiger partial charge on any atom is 0.338 e. The van der Waals surface area contributed by atoms with E-state index in [1.807, 2.05) is 31.2 Å². The molecule has 1 aliphatic heterocycles. The van der Waals surface area contributed by atoms with Crippen molar-refractivity contribution in [3.63, 3.8) is 0 Å². The number of benzene rings is 1. The van der Waals surface area contributed by atoms with Gasteiger partial charge in [-0.15, -0.1) is 0 Å². The summed E-state index contributed by atoms with van der Waals surface area (Å²) in [5, 5.41) is 0. The molecule has 0 aliphatic carbocycles. The van der Waals surface area contributed by atoms with Gasteiger partial charge >= 0.3 is 5.97 Å². The zero-order valence-electron chi connectivity index (χ0n) is 11.3. The molecule has 2 rings (SSSR count). The second-order valence-corrected chi connectivity index (χ2v) is 5.00. The molecule has 0 aromatic heterocycles. The average molecular weight is 342 g/mol. The lowest BCUT2D eigenvalue weighted by Gasteiger charge is -2.05. The predicted molar refractivity (Wildman–Crippen MR) is 78.2 cm³/mol. The molecule has 1 heterocycles. The number of carbonyl (C=O) groups is 1. The normalized spacial score (nSPS) is 21.4. The lowest BCUT2D eigenvalue weighted by molar-refractivity contribution is -0.144. The van der Waals surface area contributed by atoms with Crippen LogP contribution in [0.3, 0.4) is 0 Å². The molecule has 0 bridgehead atoms. The first-order valence-corrected chi connectivity index (χ1v) is 7.24. The van der Waals surface area contributed by atoms with Gasteiger partial charge < -0.3 is 14.2 Å². The van der Waals surface area contributed by atoms with Crippen molar-refractivity contribution in [2.24, 2.45) is 4.99 Å². The average Bonchev–Trinajstić information content (AvgIpc) is 3.21. The fraction of sp³-hybridized carbons (Fsp3) is 0.429. The van der Waals surface area contributed by atoms with Crippen LogP contribution in [0.2, 0.25) is 0 Å². The van der Waals surface area contributed by atoms with Gasteiger partial charge in [0.05, 0.1) is 18.9 Å². The Hall–Kier alpha value is -1.40. The van der Waals surface area contributed by atoms with Crippen molar-refractivity contribution in [2.45, 2.75) is 26.1 Å². The fourth-order valence-corrected chi connectivity index (χ4v) is 1.94. The van der Waals surface area contributed by atoms with Crippen LogP contribution in [0.5, 0.6) is 0 Å². The van der Waals surface area contributed by atoms with Gasteiger partial charge in [0.2, 0.25) is 5.90 Å². The Morgan fingerprint density at radius 2 is 1.85 bits per heavy atom. The minimum Gasteiger partial charge on any atom is -0.479 e. The maximum atomic E-state index is 11.6. The lowest BCUT2D eigenvalue weighted by atomic mass is 10.3. The fourth-order valence-electron chi connectivity index (χ4n) is 1.67. The van der Waals surface area contributed by atoms with Crippen LogP contribution in [0.25, 0.3) is 0 Å². The van der Waals surface area contributed by atoms with Crippen molar-refractivity contribution < 1.29 is 19.0 Å². The third-order valence-corrected chi connectivity index (χ3v) is 3.14. The SMILES string of the molecule is CCOC(=O)C1OC1C(=Nc1ccc(Br)cc1)OCC. The highest BCUT2D eigenvalue weighted by molar-refractivity contribution is 9.10. The molecule has 0 amide bonds. The van der Waals surface area contributed by atoms with Crippen LogP contribution in [-0.4, -0.2) is 37.3 Å². The van der Waals surface area contributed by atoms with Gasteiger partial charge in [-0.1, -0.05) is 15.9 Å². The lowest BCUT2D eigenvalue weighted by Crippen LogP contribution is -2.20. The van der Waals surface area contributed by atoms with Gasteiger partial charge in [0, 0.05) is 4.47 Å². The number of aliphatic imine (C=N–C) groups is 1. The Kier molecular flexibility index (Phi) is 5.14. The van der Waals surface area contributed by atoms with Gasteiger partial charge in [0.25, 0.3) is 0 Å². The summed E-state index contributed by atoms with van der Waals surface area (Å²) in [6.45, 7) is 4.41. The van der Waals surface area contributed by atoms with E-state index >= 15 is 0 Å². The number of epoxide rings is 1. The van der Waals surface area contributed by atoms with E-state index in [4.69, 9.17) is 14.2 Å². The predicted octanol–water partition coefficient (Wildman–Crippen LogP) is 2.85. The molecule has 1 fully saturated rings. The molecule has 0 spiro atoms. The van der Waals surface area contributed by atoms with Gasteiger partial charge in [-0.3, -0.25) is 0 Å². The van der Waals surface area contributed by atoms with Gasteiger partial charge in [-0.05, 0) is 38.1 Å². The van der Waals surface area contributed by atoms with Crippen LogP contribution >= 0.6 is 15.9 Å². The largest absolute Gasteiger partial charge is 0.479 e. The smallest absolute Gasteiger partial charge is 0.338 e. The van der Waals surface area contributed by atoms with E-state index in [9.17, 15) is 4.79 Å². The third-order valence-electron chi connectivity index (χ3n) is 2.61. The highest BCUT2D eigenvalue weighted by atomic mass is 79.9. The maximum absolute atomic E-state index is 11.6. The molecule has 20 heavy (non-hydrogen) atoms. The molecule has 6 heteroatoms. The third kappa shape index (κ3) is 3.80. The van der Waals surface area contributed by atoms with E-state index in [1.54, 1.807) is 6.92 Å². The summed E-state index contributed by atoms with van der Waals surface area (Å²) in [5.41, 5.74) is 0.745. The molecule has 0 N–H and O–H groups in total. The molecule has 5 nitrogen and oxygen atoms in total. The van der Waals surface area contributed by atoms with Gasteiger partial charge in [0.15, 0.2) is 12.2 Å². The molecular weight excluding hydrogens is 326 g/mol. The summed E-state index contributed by atoms with van der Waals surface area (Å²) in [4.78, 5) is 15.9. The van der Waals surface area contributed by atoms with E-state index in [2.05, 4.69) is 20.9 Å². The van der Waals surface area contributed by atoms with E-state index in [0.717, 1.165) is 10.2 Å². The number of carbonyl (C=O) groups excluding carboxylic acids is 1. The molecule has 0 saturated carbocycles. The molecule has 1 saturated heterocycles. The topological polar surface area (TPSA) is 60.4 Å². The Bertz CT molecular complexity index is 500. The second kappa shape index (κ2) is 6.85. The highest BCUT2D eigenvalue weighted by Gasteiger charge is 2.51. The minimum absolute atomic E-state index is 0.333. The van der Waals surface area contributed by atoms with Crippen molar-refractivity contribution >= 4 is 33.5 Å². The Balaban J connectivity index is 2.08. The van der Waals surface area contributed by atoms with Crippen LogP contribution in [-0.2, 0) is 19.0 Å². The number of hydrogen-bond acceptors (Lipinski definition) is 5. The number of ether oxygens (including phenoxy) is 3. The zero-order valence-corrected chi connectivity index (χ0v) is 12.9. The molecule has 2 atom stereocenters. The van der Waals surface area contributed by atoms with Crippen LogP contribution in [0.4, 0.5) is 5.69 Å².